The summed E-state index contributed by atoms with van der Waals surface area (Å²) in [6.07, 6.45) is 12.6. The first-order valence-electron chi connectivity index (χ1n) is 16.8. The van der Waals surface area contributed by atoms with E-state index in [-0.39, 0.29) is 24.8 Å². The minimum atomic E-state index is -1.08. The van der Waals surface area contributed by atoms with E-state index >= 15 is 0 Å². The third-order valence-corrected chi connectivity index (χ3v) is 9.53. The first-order valence-corrected chi connectivity index (χ1v) is 17.6. The maximum Gasteiger partial charge on any atom is 0.320 e. The van der Waals surface area contributed by atoms with Gasteiger partial charge in [0.1, 0.15) is 21.9 Å². The Bertz CT molecular complexity index is 1180. The van der Waals surface area contributed by atoms with Gasteiger partial charge in [-0.1, -0.05) is 37.5 Å². The molecule has 3 heterocycles. The van der Waals surface area contributed by atoms with E-state index in [1.165, 1.54) is 32.1 Å². The molecule has 45 heavy (non-hydrogen) atoms. The maximum atomic E-state index is 12.5. The lowest BCUT2D eigenvalue weighted by molar-refractivity contribution is -0.139. The summed E-state index contributed by atoms with van der Waals surface area (Å²) in [5.74, 6) is 0.192. The van der Waals surface area contributed by atoms with Crippen molar-refractivity contribution >= 4 is 35.0 Å². The van der Waals surface area contributed by atoms with Crippen molar-refractivity contribution in [3.63, 3.8) is 0 Å². The van der Waals surface area contributed by atoms with Crippen molar-refractivity contribution in [2.45, 2.75) is 115 Å². The van der Waals surface area contributed by atoms with Crippen LogP contribution in [0.25, 0.3) is 0 Å². The van der Waals surface area contributed by atoms with E-state index < -0.39 is 12.0 Å². The number of amides is 1. The van der Waals surface area contributed by atoms with Crippen molar-refractivity contribution < 1.29 is 14.7 Å². The fraction of sp³-hybridized carbons (Fsp3) is 0.742. The topological polar surface area (TPSA) is 183 Å². The van der Waals surface area contributed by atoms with Crippen molar-refractivity contribution in [2.75, 3.05) is 43.4 Å². The average molecular weight is 645 g/mol. The zero-order valence-corrected chi connectivity index (χ0v) is 27.5. The smallest absolute Gasteiger partial charge is 0.320 e. The quantitative estimate of drug-likeness (QED) is 0.123. The first kappa shape index (κ1) is 34.9. The summed E-state index contributed by atoms with van der Waals surface area (Å²) >= 11 is 1.63. The molecule has 0 unspecified atom stereocenters. The number of likely N-dealkylation sites (tertiary alicyclic amines) is 1. The standard InChI is InChI=1S/C31H52N10O3S/c1-2-22-20-26(36-24-13-18-41(19-14-24)29(42)12-11-25(32)30(43)44)38-31(37-22)35-21-28-40-39-27(45-28)10-6-15-33-16-7-17-34-23-8-4-3-5-9-23/h20,23-25,33-34H,2-19,21,32H2,1H3,(H,43,44)(H2,35,36,37,38)/t25-/m0/s1. The van der Waals surface area contributed by atoms with Gasteiger partial charge in [0.15, 0.2) is 0 Å². The number of carbonyl (C=O) groups is 2. The number of aryl methyl sites for hydroxylation is 2. The molecule has 14 heteroatoms. The van der Waals surface area contributed by atoms with Crippen LogP contribution in [0.3, 0.4) is 0 Å². The number of carbonyl (C=O) groups excluding carboxylic acids is 1. The highest BCUT2D eigenvalue weighted by Crippen LogP contribution is 2.20. The number of hydrogen-bond acceptors (Lipinski definition) is 12. The monoisotopic (exact) mass is 644 g/mol. The van der Waals surface area contributed by atoms with Crippen LogP contribution in [0.15, 0.2) is 6.07 Å². The van der Waals surface area contributed by atoms with Crippen LogP contribution in [-0.2, 0) is 29.0 Å². The molecule has 2 aliphatic rings. The summed E-state index contributed by atoms with van der Waals surface area (Å²) in [6.45, 7) is 6.94. The number of hydrogen-bond donors (Lipinski definition) is 6. The zero-order chi connectivity index (χ0) is 31.9. The molecular weight excluding hydrogens is 592 g/mol. The Kier molecular flexibility index (Phi) is 14.7. The minimum Gasteiger partial charge on any atom is -0.480 e. The summed E-state index contributed by atoms with van der Waals surface area (Å²) in [6, 6.07) is 1.89. The number of nitrogens with zero attached hydrogens (tertiary/aromatic N) is 5. The largest absolute Gasteiger partial charge is 0.480 e. The number of rotatable bonds is 19. The van der Waals surface area contributed by atoms with Gasteiger partial charge in [-0.15, -0.1) is 10.2 Å². The molecule has 1 saturated heterocycles. The molecule has 0 aromatic carbocycles. The Hall–Kier alpha value is -2.94. The molecule has 1 aliphatic carbocycles. The van der Waals surface area contributed by atoms with Crippen LogP contribution in [0.2, 0.25) is 0 Å². The van der Waals surface area contributed by atoms with E-state index in [9.17, 15) is 9.59 Å². The second-order valence-electron chi connectivity index (χ2n) is 12.1. The van der Waals surface area contributed by atoms with Gasteiger partial charge in [-0.2, -0.15) is 4.98 Å². The lowest BCUT2D eigenvalue weighted by Gasteiger charge is -2.33. The third-order valence-electron chi connectivity index (χ3n) is 8.55. The number of nitrogens with one attached hydrogen (secondary N) is 4. The van der Waals surface area contributed by atoms with Gasteiger partial charge in [-0.05, 0) is 71.0 Å². The normalized spacial score (nSPS) is 16.9. The van der Waals surface area contributed by atoms with Crippen molar-refractivity contribution in [1.29, 1.82) is 0 Å². The van der Waals surface area contributed by atoms with E-state index in [2.05, 4.69) is 43.4 Å². The molecule has 2 fully saturated rings. The summed E-state index contributed by atoms with van der Waals surface area (Å²) < 4.78 is 0. The number of carboxylic acids is 1. The molecule has 1 amide bonds. The maximum absolute atomic E-state index is 12.5. The van der Waals surface area contributed by atoms with Crippen LogP contribution < -0.4 is 27.0 Å². The predicted molar refractivity (Wildman–Crippen MR) is 177 cm³/mol. The van der Waals surface area contributed by atoms with E-state index in [1.54, 1.807) is 16.2 Å². The van der Waals surface area contributed by atoms with Crippen LogP contribution in [0, 0.1) is 0 Å². The summed E-state index contributed by atoms with van der Waals surface area (Å²) in [4.78, 5) is 34.5. The summed E-state index contributed by atoms with van der Waals surface area (Å²) in [5.41, 5.74) is 6.48. The number of carboxylic acid groups (broad SMARTS) is 1. The molecule has 0 radical (unpaired) electrons. The highest BCUT2D eigenvalue weighted by molar-refractivity contribution is 7.11. The molecule has 2 aromatic rings. The lowest BCUT2D eigenvalue weighted by atomic mass is 9.95. The predicted octanol–water partition coefficient (Wildman–Crippen LogP) is 2.93. The molecule has 13 nitrogen and oxygen atoms in total. The summed E-state index contributed by atoms with van der Waals surface area (Å²) in [7, 11) is 0. The van der Waals surface area contributed by atoms with Gasteiger partial charge >= 0.3 is 5.97 Å². The summed E-state index contributed by atoms with van der Waals surface area (Å²) in [5, 5.41) is 33.7. The Morgan fingerprint density at radius 2 is 1.78 bits per heavy atom. The van der Waals surface area contributed by atoms with Gasteiger partial charge < -0.3 is 37.0 Å². The highest BCUT2D eigenvalue weighted by atomic mass is 32.1. The van der Waals surface area contributed by atoms with Crippen LogP contribution in [0.1, 0.15) is 93.3 Å². The van der Waals surface area contributed by atoms with Crippen molar-refractivity contribution in [3.8, 4) is 0 Å². The lowest BCUT2D eigenvalue weighted by Crippen LogP contribution is -2.43. The van der Waals surface area contributed by atoms with E-state index in [1.807, 2.05) is 6.07 Å². The second kappa shape index (κ2) is 18.9. The zero-order valence-electron chi connectivity index (χ0n) is 26.7. The Morgan fingerprint density at radius 1 is 1.02 bits per heavy atom. The fourth-order valence-electron chi connectivity index (χ4n) is 5.81. The Morgan fingerprint density at radius 3 is 2.53 bits per heavy atom. The average Bonchev–Trinajstić information content (AvgIpc) is 3.52. The van der Waals surface area contributed by atoms with Crippen molar-refractivity contribution in [1.82, 2.24) is 35.7 Å². The molecule has 0 bridgehead atoms. The molecule has 0 spiro atoms. The van der Waals surface area contributed by atoms with Gasteiger partial charge in [0.25, 0.3) is 0 Å². The molecular formula is C31H52N10O3S. The number of piperidine rings is 1. The fourth-order valence-corrected chi connectivity index (χ4v) is 6.63. The number of nitrogens with two attached hydrogens (primary N) is 1. The van der Waals surface area contributed by atoms with Gasteiger partial charge in [0.2, 0.25) is 11.9 Å². The molecule has 7 N–H and O–H groups in total. The molecule has 1 saturated carbocycles. The van der Waals surface area contributed by atoms with Gasteiger partial charge in [0, 0.05) is 49.8 Å². The van der Waals surface area contributed by atoms with Crippen LogP contribution in [0.4, 0.5) is 11.8 Å². The van der Waals surface area contributed by atoms with Crippen LogP contribution >= 0.6 is 11.3 Å². The van der Waals surface area contributed by atoms with E-state index in [0.29, 0.717) is 25.6 Å². The van der Waals surface area contributed by atoms with Crippen LogP contribution in [0.5, 0.6) is 0 Å². The molecule has 1 aliphatic heterocycles. The third kappa shape index (κ3) is 12.4. The van der Waals surface area contributed by atoms with Gasteiger partial charge in [-0.25, -0.2) is 4.98 Å². The minimum absolute atomic E-state index is 0.0450. The molecule has 4 rings (SSSR count). The Labute approximate surface area is 271 Å². The van der Waals surface area contributed by atoms with Crippen LogP contribution in [-0.4, -0.2) is 92.9 Å². The SMILES string of the molecule is CCc1cc(NC2CCN(C(=O)CC[C@H](N)C(=O)O)CC2)nc(NCc2nnc(CCCNCCCNC3CCCCC3)s2)n1. The number of aliphatic carboxylic acids is 1. The van der Waals surface area contributed by atoms with Crippen molar-refractivity contribution in [3.05, 3.63) is 21.8 Å². The second-order valence-corrected chi connectivity index (χ2v) is 13.3. The number of aromatic nitrogens is 4. The van der Waals surface area contributed by atoms with Crippen molar-refractivity contribution in [2.24, 2.45) is 5.73 Å². The molecule has 2 aromatic heterocycles. The van der Waals surface area contributed by atoms with E-state index in [0.717, 1.165) is 85.7 Å². The molecule has 1 atom stereocenters. The van der Waals surface area contributed by atoms with Gasteiger partial charge in [-0.3, -0.25) is 9.59 Å². The first-order chi connectivity index (χ1) is 21.9. The van der Waals surface area contributed by atoms with E-state index in [4.69, 9.17) is 15.8 Å². The highest BCUT2D eigenvalue weighted by Gasteiger charge is 2.24. The van der Waals surface area contributed by atoms with Gasteiger partial charge in [0.05, 0.1) is 6.54 Å². The molecule has 250 valence electrons. The Balaban J connectivity index is 1.12. The number of anilines is 2.